The molecule has 2 aliphatic heterocycles. The van der Waals surface area contributed by atoms with E-state index < -0.39 is 0 Å². The second-order valence-electron chi connectivity index (χ2n) is 7.48. The average molecular weight is 410 g/mol. The van der Waals surface area contributed by atoms with Crippen LogP contribution in [-0.2, 0) is 4.79 Å². The van der Waals surface area contributed by atoms with Crippen molar-refractivity contribution in [1.82, 2.24) is 10.2 Å². The fraction of sp³-hybridized carbons (Fsp3) is 0.391. The first-order valence-electron chi connectivity index (χ1n) is 10.3. The highest BCUT2D eigenvalue weighted by Gasteiger charge is 2.27. The molecule has 0 bridgehead atoms. The summed E-state index contributed by atoms with van der Waals surface area (Å²) in [5.74, 6) is 1.57. The molecule has 30 heavy (non-hydrogen) atoms. The predicted molar refractivity (Wildman–Crippen MR) is 111 cm³/mol. The van der Waals surface area contributed by atoms with Gasteiger partial charge in [-0.1, -0.05) is 25.0 Å². The minimum absolute atomic E-state index is 0.00773. The zero-order valence-corrected chi connectivity index (χ0v) is 17.1. The topological polar surface area (TPSA) is 77.1 Å². The van der Waals surface area contributed by atoms with Crippen molar-refractivity contribution in [2.75, 3.05) is 27.0 Å². The first-order chi connectivity index (χ1) is 14.7. The Labute approximate surface area is 175 Å². The molecule has 2 amide bonds. The third-order valence-corrected chi connectivity index (χ3v) is 5.61. The van der Waals surface area contributed by atoms with Gasteiger partial charge in [0.1, 0.15) is 5.75 Å². The van der Waals surface area contributed by atoms with E-state index in [2.05, 4.69) is 5.32 Å². The summed E-state index contributed by atoms with van der Waals surface area (Å²) in [7, 11) is 1.64. The molecule has 1 saturated heterocycles. The fourth-order valence-corrected chi connectivity index (χ4v) is 3.98. The van der Waals surface area contributed by atoms with Crippen LogP contribution in [0.15, 0.2) is 42.5 Å². The number of carbonyl (C=O) groups is 2. The van der Waals surface area contributed by atoms with Crippen molar-refractivity contribution < 1.29 is 23.8 Å². The maximum atomic E-state index is 13.0. The number of nitrogens with zero attached hydrogens (tertiary/aromatic N) is 1. The van der Waals surface area contributed by atoms with Crippen molar-refractivity contribution >= 4 is 11.8 Å². The highest BCUT2D eigenvalue weighted by Crippen LogP contribution is 2.33. The number of rotatable bonds is 5. The maximum Gasteiger partial charge on any atom is 0.251 e. The number of likely N-dealkylation sites (tertiary alicyclic amines) is 1. The van der Waals surface area contributed by atoms with Crippen LogP contribution >= 0.6 is 0 Å². The highest BCUT2D eigenvalue weighted by molar-refractivity contribution is 5.97. The van der Waals surface area contributed by atoms with Crippen molar-refractivity contribution in [1.29, 1.82) is 0 Å². The molecule has 0 saturated carbocycles. The third-order valence-electron chi connectivity index (χ3n) is 5.61. The number of nitrogens with one attached hydrogen (secondary N) is 1. The van der Waals surface area contributed by atoms with E-state index in [1.807, 2.05) is 29.2 Å². The van der Waals surface area contributed by atoms with Crippen molar-refractivity contribution in [3.8, 4) is 17.2 Å². The second-order valence-corrected chi connectivity index (χ2v) is 7.48. The molecule has 7 heteroatoms. The molecule has 7 nitrogen and oxygen atoms in total. The van der Waals surface area contributed by atoms with Gasteiger partial charge < -0.3 is 24.4 Å². The zero-order chi connectivity index (χ0) is 20.9. The van der Waals surface area contributed by atoms with E-state index in [1.54, 1.807) is 25.3 Å². The Balaban J connectivity index is 1.42. The Morgan fingerprint density at radius 1 is 1.07 bits per heavy atom. The van der Waals surface area contributed by atoms with Gasteiger partial charge in [0.2, 0.25) is 12.7 Å². The predicted octanol–water partition coefficient (Wildman–Crippen LogP) is 3.30. The zero-order valence-electron chi connectivity index (χ0n) is 17.1. The van der Waals surface area contributed by atoms with E-state index in [4.69, 9.17) is 14.2 Å². The normalized spacial score (nSPS) is 17.9. The Morgan fingerprint density at radius 3 is 2.67 bits per heavy atom. The van der Waals surface area contributed by atoms with Crippen LogP contribution in [0.3, 0.4) is 0 Å². The average Bonchev–Trinajstić information content (AvgIpc) is 3.12. The molecule has 2 aliphatic rings. The number of amides is 2. The minimum Gasteiger partial charge on any atom is -0.497 e. The lowest BCUT2D eigenvalue weighted by molar-refractivity contribution is -0.132. The molecular weight excluding hydrogens is 384 g/mol. The van der Waals surface area contributed by atoms with Crippen molar-refractivity contribution in [2.45, 2.75) is 31.7 Å². The smallest absolute Gasteiger partial charge is 0.251 e. The van der Waals surface area contributed by atoms with Crippen LogP contribution in [0.4, 0.5) is 0 Å². The lowest BCUT2D eigenvalue weighted by Crippen LogP contribution is -2.42. The summed E-state index contributed by atoms with van der Waals surface area (Å²) in [6.45, 7) is 0.802. The van der Waals surface area contributed by atoms with Gasteiger partial charge in [0, 0.05) is 12.1 Å². The van der Waals surface area contributed by atoms with Gasteiger partial charge in [-0.2, -0.15) is 0 Å². The van der Waals surface area contributed by atoms with Crippen LogP contribution in [0.2, 0.25) is 0 Å². The van der Waals surface area contributed by atoms with Gasteiger partial charge in [0.15, 0.2) is 11.5 Å². The molecule has 1 fully saturated rings. The van der Waals surface area contributed by atoms with Crippen LogP contribution in [0.5, 0.6) is 17.2 Å². The van der Waals surface area contributed by atoms with Gasteiger partial charge in [-0.3, -0.25) is 9.59 Å². The number of benzene rings is 2. The molecule has 158 valence electrons. The molecule has 4 rings (SSSR count). The number of carbonyl (C=O) groups excluding carboxylic acids is 2. The van der Waals surface area contributed by atoms with E-state index in [0.29, 0.717) is 23.6 Å². The van der Waals surface area contributed by atoms with Crippen LogP contribution < -0.4 is 19.5 Å². The van der Waals surface area contributed by atoms with Crippen LogP contribution in [0.1, 0.15) is 47.6 Å². The molecule has 2 heterocycles. The monoisotopic (exact) mass is 410 g/mol. The molecule has 2 aromatic carbocycles. The molecule has 0 unspecified atom stereocenters. The summed E-state index contributed by atoms with van der Waals surface area (Å²) < 4.78 is 15.8. The van der Waals surface area contributed by atoms with Gasteiger partial charge in [-0.15, -0.1) is 0 Å². The van der Waals surface area contributed by atoms with Gasteiger partial charge in [-0.05, 0) is 48.7 Å². The van der Waals surface area contributed by atoms with Gasteiger partial charge in [-0.25, -0.2) is 0 Å². The number of ether oxygens (including phenoxy) is 3. The van der Waals surface area contributed by atoms with E-state index in [0.717, 1.165) is 37.0 Å². The van der Waals surface area contributed by atoms with Crippen molar-refractivity contribution in [3.63, 3.8) is 0 Å². The summed E-state index contributed by atoms with van der Waals surface area (Å²) in [4.78, 5) is 27.4. The van der Waals surface area contributed by atoms with Crippen LogP contribution in [0, 0.1) is 0 Å². The summed E-state index contributed by atoms with van der Waals surface area (Å²) >= 11 is 0. The number of fused-ring (bicyclic) bond motifs is 1. The Bertz CT molecular complexity index is 912. The molecule has 0 spiro atoms. The Hall–Kier alpha value is -3.22. The molecule has 2 aromatic rings. The summed E-state index contributed by atoms with van der Waals surface area (Å²) in [6.07, 6.45) is 4.05. The van der Waals surface area contributed by atoms with Crippen LogP contribution in [0.25, 0.3) is 0 Å². The number of hydrogen-bond donors (Lipinski definition) is 1. The van der Waals surface area contributed by atoms with E-state index in [9.17, 15) is 9.59 Å². The van der Waals surface area contributed by atoms with Gasteiger partial charge >= 0.3 is 0 Å². The van der Waals surface area contributed by atoms with E-state index >= 15 is 0 Å². The van der Waals surface area contributed by atoms with E-state index in [1.165, 1.54) is 0 Å². The first kappa shape index (κ1) is 20.1. The molecule has 0 aliphatic carbocycles. The highest BCUT2D eigenvalue weighted by atomic mass is 16.7. The van der Waals surface area contributed by atoms with Crippen molar-refractivity contribution in [3.05, 3.63) is 53.6 Å². The van der Waals surface area contributed by atoms with Gasteiger partial charge in [0.25, 0.3) is 5.91 Å². The summed E-state index contributed by atoms with van der Waals surface area (Å²) in [5, 5.41) is 2.75. The molecular formula is C23H26N2O5. The lowest BCUT2D eigenvalue weighted by atomic mass is 10.0. The van der Waals surface area contributed by atoms with Crippen molar-refractivity contribution in [2.24, 2.45) is 0 Å². The minimum atomic E-state index is -0.308. The molecule has 0 radical (unpaired) electrons. The van der Waals surface area contributed by atoms with E-state index in [-0.39, 0.29) is 31.2 Å². The number of hydrogen-bond acceptors (Lipinski definition) is 5. The maximum absolute atomic E-state index is 13.0. The fourth-order valence-electron chi connectivity index (χ4n) is 3.98. The lowest BCUT2D eigenvalue weighted by Gasteiger charge is -2.30. The summed E-state index contributed by atoms with van der Waals surface area (Å²) in [5.41, 5.74) is 1.53. The largest absolute Gasteiger partial charge is 0.497 e. The standard InChI is InChI=1S/C23H26N2O5/c1-28-18-9-6-16(7-10-18)19-5-3-2-4-12-25(19)22(26)14-24-23(27)17-8-11-20-21(13-17)30-15-29-20/h6-11,13,19H,2-5,12,14-15H2,1H3,(H,24,27)/t19-/m1/s1. The molecule has 1 atom stereocenters. The third kappa shape index (κ3) is 4.35. The SMILES string of the molecule is COc1ccc([C@H]2CCCCCN2C(=O)CNC(=O)c2ccc3c(c2)OCO3)cc1. The quantitative estimate of drug-likeness (QED) is 0.819. The van der Waals surface area contributed by atoms with Crippen LogP contribution in [-0.4, -0.2) is 43.7 Å². The van der Waals surface area contributed by atoms with Gasteiger partial charge in [0.05, 0.1) is 19.7 Å². The molecule has 1 N–H and O–H groups in total. The molecule has 0 aromatic heterocycles. The number of methoxy groups -OCH3 is 1. The second kappa shape index (κ2) is 9.07. The summed E-state index contributed by atoms with van der Waals surface area (Å²) in [6, 6.07) is 12.9. The first-order valence-corrected chi connectivity index (χ1v) is 10.3. The Kier molecular flexibility index (Phi) is 6.07. The Morgan fingerprint density at radius 2 is 1.87 bits per heavy atom.